The number of nitrogens with two attached hydrogens (primary N) is 1. The van der Waals surface area contributed by atoms with Gasteiger partial charge in [-0.3, -0.25) is 9.52 Å². The van der Waals surface area contributed by atoms with Gasteiger partial charge in [-0.15, -0.1) is 0 Å². The SMILES string of the molecule is COC(=O)C(C)S(=O)(=O)Nc1c(C)ccc(N)c1C. The summed E-state index contributed by atoms with van der Waals surface area (Å²) in [5.74, 6) is -0.813. The third-order valence-corrected chi connectivity index (χ3v) is 4.57. The van der Waals surface area contributed by atoms with Gasteiger partial charge in [0.05, 0.1) is 12.8 Å². The van der Waals surface area contributed by atoms with E-state index in [-0.39, 0.29) is 0 Å². The lowest BCUT2D eigenvalue weighted by Gasteiger charge is -2.17. The van der Waals surface area contributed by atoms with Crippen molar-refractivity contribution in [1.29, 1.82) is 0 Å². The molecule has 0 aliphatic rings. The summed E-state index contributed by atoms with van der Waals surface area (Å²) in [6.07, 6.45) is 0. The molecule has 0 amide bonds. The number of hydrogen-bond acceptors (Lipinski definition) is 5. The van der Waals surface area contributed by atoms with Crippen molar-refractivity contribution in [3.63, 3.8) is 0 Å². The van der Waals surface area contributed by atoms with Gasteiger partial charge in [-0.2, -0.15) is 0 Å². The van der Waals surface area contributed by atoms with E-state index in [1.807, 2.05) is 0 Å². The first-order valence-corrected chi connectivity index (χ1v) is 7.20. The molecule has 0 aliphatic heterocycles. The third-order valence-electron chi connectivity index (χ3n) is 2.96. The van der Waals surface area contributed by atoms with Crippen LogP contribution in [0.15, 0.2) is 12.1 Å². The van der Waals surface area contributed by atoms with Crippen molar-refractivity contribution >= 4 is 27.4 Å². The number of benzene rings is 1. The van der Waals surface area contributed by atoms with Crippen LogP contribution in [0.1, 0.15) is 18.1 Å². The highest BCUT2D eigenvalue weighted by molar-refractivity contribution is 7.94. The van der Waals surface area contributed by atoms with Crippen LogP contribution in [0.3, 0.4) is 0 Å². The molecular formula is C12H18N2O4S. The van der Waals surface area contributed by atoms with E-state index in [0.29, 0.717) is 16.9 Å². The smallest absolute Gasteiger partial charge is 0.325 e. The molecule has 1 aromatic carbocycles. The summed E-state index contributed by atoms with van der Waals surface area (Å²) in [7, 11) is -2.72. The number of carbonyl (C=O) groups excluding carboxylic acids is 1. The second kappa shape index (κ2) is 5.48. The molecule has 1 rings (SSSR count). The van der Waals surface area contributed by atoms with Crippen LogP contribution in [0.5, 0.6) is 0 Å². The summed E-state index contributed by atoms with van der Waals surface area (Å²) in [5, 5.41) is -1.29. The Bertz CT molecular complexity index is 596. The molecular weight excluding hydrogens is 268 g/mol. The highest BCUT2D eigenvalue weighted by Crippen LogP contribution is 2.26. The van der Waals surface area contributed by atoms with E-state index in [1.165, 1.54) is 6.92 Å². The van der Waals surface area contributed by atoms with Crippen LogP contribution in [0.2, 0.25) is 0 Å². The van der Waals surface area contributed by atoms with Gasteiger partial charge in [0.2, 0.25) is 10.0 Å². The standard InChI is InChI=1S/C12H18N2O4S/c1-7-5-6-10(13)8(2)11(7)14-19(16,17)9(3)12(15)18-4/h5-6,9,14H,13H2,1-4H3. The minimum atomic E-state index is -3.87. The molecule has 1 aromatic rings. The van der Waals surface area contributed by atoms with Gasteiger partial charge in [0, 0.05) is 5.69 Å². The number of methoxy groups -OCH3 is 1. The Labute approximate surface area is 113 Å². The van der Waals surface area contributed by atoms with Crippen LogP contribution in [0.4, 0.5) is 11.4 Å². The molecule has 6 nitrogen and oxygen atoms in total. The minimum absolute atomic E-state index is 0.399. The minimum Gasteiger partial charge on any atom is -0.468 e. The molecule has 0 bridgehead atoms. The number of rotatable bonds is 4. The fraction of sp³-hybridized carbons (Fsp3) is 0.417. The number of esters is 1. The Morgan fingerprint density at radius 3 is 2.47 bits per heavy atom. The molecule has 7 heteroatoms. The van der Waals surface area contributed by atoms with E-state index < -0.39 is 21.2 Å². The molecule has 0 aromatic heterocycles. The second-order valence-electron chi connectivity index (χ2n) is 4.28. The summed E-state index contributed by atoms with van der Waals surface area (Å²) in [5.41, 5.74) is 7.98. The molecule has 0 spiro atoms. The molecule has 0 aliphatic carbocycles. The molecule has 106 valence electrons. The number of aryl methyl sites for hydroxylation is 1. The number of hydrogen-bond donors (Lipinski definition) is 2. The Morgan fingerprint density at radius 1 is 1.37 bits per heavy atom. The first-order valence-electron chi connectivity index (χ1n) is 5.66. The molecule has 1 atom stereocenters. The number of nitrogen functional groups attached to an aromatic ring is 1. The third kappa shape index (κ3) is 3.17. The van der Waals surface area contributed by atoms with Gasteiger partial charge in [0.15, 0.2) is 5.25 Å². The summed E-state index contributed by atoms with van der Waals surface area (Å²) >= 11 is 0. The van der Waals surface area contributed by atoms with E-state index in [0.717, 1.165) is 12.7 Å². The molecule has 19 heavy (non-hydrogen) atoms. The van der Waals surface area contributed by atoms with Gasteiger partial charge in [-0.1, -0.05) is 6.07 Å². The molecule has 0 fully saturated rings. The van der Waals surface area contributed by atoms with Crippen molar-refractivity contribution in [3.05, 3.63) is 23.3 Å². The maximum Gasteiger partial charge on any atom is 0.325 e. The van der Waals surface area contributed by atoms with Crippen molar-refractivity contribution < 1.29 is 17.9 Å². The van der Waals surface area contributed by atoms with E-state index in [2.05, 4.69) is 9.46 Å². The van der Waals surface area contributed by atoms with E-state index >= 15 is 0 Å². The quantitative estimate of drug-likeness (QED) is 0.640. The average molecular weight is 286 g/mol. The number of sulfonamides is 1. The first-order chi connectivity index (χ1) is 8.70. The highest BCUT2D eigenvalue weighted by Gasteiger charge is 2.29. The van der Waals surface area contributed by atoms with Crippen molar-refractivity contribution in [2.75, 3.05) is 17.6 Å². The topological polar surface area (TPSA) is 98.5 Å². The van der Waals surface area contributed by atoms with Crippen LogP contribution >= 0.6 is 0 Å². The molecule has 0 radical (unpaired) electrons. The van der Waals surface area contributed by atoms with Crippen LogP contribution < -0.4 is 10.5 Å². The maximum absolute atomic E-state index is 12.1. The normalized spacial score (nSPS) is 12.8. The van der Waals surface area contributed by atoms with Crippen LogP contribution in [0, 0.1) is 13.8 Å². The van der Waals surface area contributed by atoms with Crippen molar-refractivity contribution in [1.82, 2.24) is 0 Å². The lowest BCUT2D eigenvalue weighted by Crippen LogP contribution is -2.33. The van der Waals surface area contributed by atoms with Gasteiger partial charge in [-0.25, -0.2) is 8.42 Å². The lowest BCUT2D eigenvalue weighted by molar-refractivity contribution is -0.139. The Hall–Kier alpha value is -1.76. The van der Waals surface area contributed by atoms with Crippen molar-refractivity contribution in [2.24, 2.45) is 0 Å². The van der Waals surface area contributed by atoms with E-state index in [1.54, 1.807) is 26.0 Å². The molecule has 0 saturated carbocycles. The average Bonchev–Trinajstić information content (AvgIpc) is 2.37. The monoisotopic (exact) mass is 286 g/mol. The van der Waals surface area contributed by atoms with E-state index in [9.17, 15) is 13.2 Å². The number of carbonyl (C=O) groups is 1. The zero-order valence-electron chi connectivity index (χ0n) is 11.4. The summed E-state index contributed by atoms with van der Waals surface area (Å²) < 4.78 is 31.0. The molecule has 0 heterocycles. The van der Waals surface area contributed by atoms with Crippen LogP contribution in [-0.2, 0) is 19.6 Å². The number of anilines is 2. The first kappa shape index (κ1) is 15.3. The summed E-state index contributed by atoms with van der Waals surface area (Å²) in [4.78, 5) is 11.3. The number of ether oxygens (including phenoxy) is 1. The van der Waals surface area contributed by atoms with Crippen molar-refractivity contribution in [2.45, 2.75) is 26.0 Å². The number of nitrogens with one attached hydrogen (secondary N) is 1. The van der Waals surface area contributed by atoms with Gasteiger partial charge in [0.1, 0.15) is 0 Å². The zero-order valence-corrected chi connectivity index (χ0v) is 12.2. The fourth-order valence-corrected chi connectivity index (χ4v) is 2.67. The van der Waals surface area contributed by atoms with Crippen LogP contribution in [-0.4, -0.2) is 26.7 Å². The van der Waals surface area contributed by atoms with E-state index in [4.69, 9.17) is 5.73 Å². The predicted octanol–water partition coefficient (Wildman–Crippen LogP) is 1.19. The Balaban J connectivity index is 3.16. The highest BCUT2D eigenvalue weighted by atomic mass is 32.2. The Kier molecular flexibility index (Phi) is 4.41. The van der Waals surface area contributed by atoms with Gasteiger partial charge in [-0.05, 0) is 38.0 Å². The Morgan fingerprint density at radius 2 is 1.95 bits per heavy atom. The molecule has 1 unspecified atom stereocenters. The second-order valence-corrected chi connectivity index (χ2v) is 6.29. The maximum atomic E-state index is 12.1. The summed E-state index contributed by atoms with van der Waals surface area (Å²) in [6, 6.07) is 3.41. The zero-order chi connectivity index (χ0) is 14.8. The van der Waals surface area contributed by atoms with Gasteiger partial charge < -0.3 is 10.5 Å². The molecule has 3 N–H and O–H groups in total. The lowest BCUT2D eigenvalue weighted by atomic mass is 10.1. The largest absolute Gasteiger partial charge is 0.468 e. The molecule has 0 saturated heterocycles. The van der Waals surface area contributed by atoms with Gasteiger partial charge >= 0.3 is 5.97 Å². The predicted molar refractivity (Wildman–Crippen MR) is 74.3 cm³/mol. The van der Waals surface area contributed by atoms with Gasteiger partial charge in [0.25, 0.3) is 0 Å². The summed E-state index contributed by atoms with van der Waals surface area (Å²) in [6.45, 7) is 4.74. The van der Waals surface area contributed by atoms with Crippen molar-refractivity contribution in [3.8, 4) is 0 Å². The fourth-order valence-electron chi connectivity index (χ4n) is 1.54. The van der Waals surface area contributed by atoms with Crippen LogP contribution in [0.25, 0.3) is 0 Å².